The van der Waals surface area contributed by atoms with Crippen LogP contribution in [0.1, 0.15) is 141 Å². The number of methoxy groups -OCH3 is 1. The monoisotopic (exact) mass is 1160 g/mol. The van der Waals surface area contributed by atoms with Crippen LogP contribution in [0.2, 0.25) is 0 Å². The molecule has 0 aliphatic carbocycles. The van der Waals surface area contributed by atoms with E-state index >= 15 is 4.79 Å². The highest BCUT2D eigenvalue weighted by molar-refractivity contribution is 6.23. The Labute approximate surface area is 485 Å². The molecule has 6 amide bonds. The van der Waals surface area contributed by atoms with Crippen molar-refractivity contribution in [2.45, 2.75) is 137 Å². The number of imide groups is 3. The second-order valence-corrected chi connectivity index (χ2v) is 21.8. The summed E-state index contributed by atoms with van der Waals surface area (Å²) in [6, 6.07) is 28.7. The van der Waals surface area contributed by atoms with Gasteiger partial charge in [0.2, 0.25) is 0 Å². The molecule has 0 aliphatic rings. The lowest BCUT2D eigenvalue weighted by Crippen LogP contribution is -2.42. The van der Waals surface area contributed by atoms with Crippen molar-refractivity contribution >= 4 is 81.4 Å². The van der Waals surface area contributed by atoms with Gasteiger partial charge < -0.3 is 28.4 Å². The first-order chi connectivity index (χ1) is 39.4. The van der Waals surface area contributed by atoms with E-state index in [4.69, 9.17) is 28.4 Å². The van der Waals surface area contributed by atoms with Crippen LogP contribution in [0, 0.1) is 0 Å². The second-order valence-electron chi connectivity index (χ2n) is 21.8. The lowest BCUT2D eigenvalue weighted by atomic mass is 10.0. The highest BCUT2D eigenvalue weighted by atomic mass is 19.4. The maximum atomic E-state index is 15.6. The van der Waals surface area contributed by atoms with Crippen molar-refractivity contribution in [1.29, 1.82) is 0 Å². The van der Waals surface area contributed by atoms with Crippen molar-refractivity contribution in [1.82, 2.24) is 0 Å². The predicted molar refractivity (Wildman–Crippen MR) is 312 cm³/mol. The first kappa shape index (κ1) is 64.0. The molecule has 0 saturated heterocycles. The molecular formula is C63H69F3N5O13+. The molecule has 1 N–H and O–H groups in total. The number of halogens is 3. The van der Waals surface area contributed by atoms with E-state index in [-0.39, 0.29) is 45.0 Å². The van der Waals surface area contributed by atoms with Crippen molar-refractivity contribution < 1.29 is 75.2 Å². The van der Waals surface area contributed by atoms with E-state index in [2.05, 4.69) is 10.2 Å². The zero-order valence-corrected chi connectivity index (χ0v) is 49.2. The molecule has 444 valence electrons. The Morgan fingerprint density at radius 2 is 1.01 bits per heavy atom. The Bertz CT molecular complexity index is 3470. The minimum absolute atomic E-state index is 0.00651. The van der Waals surface area contributed by atoms with Crippen molar-refractivity contribution in [3.8, 4) is 11.5 Å². The molecule has 84 heavy (non-hydrogen) atoms. The summed E-state index contributed by atoms with van der Waals surface area (Å²) >= 11 is 0. The molecule has 6 rings (SSSR count). The third-order valence-electron chi connectivity index (χ3n) is 13.9. The number of hydrogen-bond acceptors (Lipinski definition) is 14. The normalized spacial score (nSPS) is 12.0. The number of nitrogens with zero attached hydrogens (tertiary/aromatic N) is 5. The standard InChI is InChI=1S/C63H68F3N5O13/c1-14-59(5,6)81-55(75)69(52(72)39-24-19-18-20-25-39)43-31-33-44(34-32-43)70(56(76)82-60(7,8)15-2)54(74)47-36-40-26-21-22-29-46(40)50(51(47)80-58(78)84-62(11,12)17-4)68-67-48-37-41(30-35-49(48)79-13)53(73)71(57(77)83-61(9,10)16-3)45-28-23-27-42(38-45)63(64,65)66/h18-38H,14-17H2,1-13H3/p+1. The molecule has 0 saturated carbocycles. The molecular weight excluding hydrogens is 1090 g/mol. The Balaban J connectivity index is 1.56. The summed E-state index contributed by atoms with van der Waals surface area (Å²) in [5, 5.41) is 9.57. The van der Waals surface area contributed by atoms with Gasteiger partial charge in [-0.3, -0.25) is 14.4 Å². The summed E-state index contributed by atoms with van der Waals surface area (Å²) in [6.45, 7) is 20.1. The molecule has 0 spiro atoms. The van der Waals surface area contributed by atoms with Gasteiger partial charge in [-0.2, -0.15) is 18.1 Å². The van der Waals surface area contributed by atoms with E-state index in [0.717, 1.165) is 17.0 Å². The summed E-state index contributed by atoms with van der Waals surface area (Å²) in [6.07, 6.45) is -8.18. The number of azo groups is 1. The number of amides is 6. The number of alkyl halides is 3. The average molecular weight is 1160 g/mol. The molecule has 0 heterocycles. The van der Waals surface area contributed by atoms with E-state index in [1.807, 2.05) is 6.92 Å². The third-order valence-corrected chi connectivity index (χ3v) is 13.9. The first-order valence-corrected chi connectivity index (χ1v) is 27.0. The SMILES string of the molecule is CCC(C)(C)OC(=O)Oc1c(C(=O)N(C(=O)OC(C)(C)CC)c2ccc(N(C(=O)OC(C)(C)CC)C(=O)c3ccccc3)cc2)cc2ccccc2c1N=Nc1cc(C(=[OH+])N(C(=O)OC(C)(C)CC)c2cccc(C(F)(F)F)c2)ccc1OC. The predicted octanol–water partition coefficient (Wildman–Crippen LogP) is 16.6. The van der Waals surface area contributed by atoms with Crippen LogP contribution in [0.5, 0.6) is 11.5 Å². The summed E-state index contributed by atoms with van der Waals surface area (Å²) < 4.78 is 76.9. The number of ether oxygens (including phenoxy) is 6. The smallest absolute Gasteiger partial charge is 0.494 e. The number of anilines is 3. The molecule has 0 aliphatic heterocycles. The van der Waals surface area contributed by atoms with E-state index in [1.165, 1.54) is 73.8 Å². The molecule has 0 radical (unpaired) electrons. The van der Waals surface area contributed by atoms with Gasteiger partial charge in [0.1, 0.15) is 45.1 Å². The highest BCUT2D eigenvalue weighted by Crippen LogP contribution is 2.44. The van der Waals surface area contributed by atoms with Crippen LogP contribution >= 0.6 is 0 Å². The average Bonchev–Trinajstić information content (AvgIpc) is 1.81. The number of benzene rings is 6. The van der Waals surface area contributed by atoms with Gasteiger partial charge in [-0.15, -0.1) is 10.2 Å². The summed E-state index contributed by atoms with van der Waals surface area (Å²) in [7, 11) is 1.29. The fourth-order valence-electron chi connectivity index (χ4n) is 7.60. The Morgan fingerprint density at radius 1 is 0.512 bits per heavy atom. The molecule has 0 aromatic heterocycles. The number of hydrogen-bond donors (Lipinski definition) is 0. The molecule has 0 atom stereocenters. The first-order valence-electron chi connectivity index (χ1n) is 27.0. The Hall–Kier alpha value is -9.14. The fourth-order valence-corrected chi connectivity index (χ4v) is 7.60. The van der Waals surface area contributed by atoms with Crippen molar-refractivity contribution in [2.24, 2.45) is 10.2 Å². The largest absolute Gasteiger partial charge is 0.514 e. The quantitative estimate of drug-likeness (QED) is 0.0258. The van der Waals surface area contributed by atoms with Crippen LogP contribution in [0.4, 0.5) is 60.8 Å². The van der Waals surface area contributed by atoms with Crippen molar-refractivity contribution in [2.75, 3.05) is 21.8 Å². The van der Waals surface area contributed by atoms with E-state index in [0.29, 0.717) is 46.9 Å². The molecule has 6 aromatic rings. The van der Waals surface area contributed by atoms with Crippen LogP contribution in [-0.2, 0) is 25.1 Å². The van der Waals surface area contributed by atoms with E-state index in [9.17, 15) is 41.9 Å². The van der Waals surface area contributed by atoms with Gasteiger partial charge >= 0.3 is 36.5 Å². The summed E-state index contributed by atoms with van der Waals surface area (Å²) in [5.74, 6) is -3.29. The zero-order valence-electron chi connectivity index (χ0n) is 49.2. The maximum Gasteiger partial charge on any atom is 0.514 e. The van der Waals surface area contributed by atoms with Crippen LogP contribution in [0.25, 0.3) is 10.8 Å². The molecule has 0 bridgehead atoms. The van der Waals surface area contributed by atoms with E-state index in [1.54, 1.807) is 119 Å². The van der Waals surface area contributed by atoms with Gasteiger partial charge in [-0.1, -0.05) is 76.2 Å². The number of rotatable bonds is 18. The molecule has 0 fully saturated rings. The topological polar surface area (TPSA) is 214 Å². The molecule has 6 aromatic carbocycles. The van der Waals surface area contributed by atoms with Gasteiger partial charge in [0, 0.05) is 10.9 Å². The van der Waals surface area contributed by atoms with Crippen LogP contribution < -0.4 is 24.2 Å². The zero-order chi connectivity index (χ0) is 62.1. The maximum absolute atomic E-state index is 15.6. The Kier molecular flexibility index (Phi) is 19.8. The van der Waals surface area contributed by atoms with E-state index < -0.39 is 93.3 Å². The molecule has 18 nitrogen and oxygen atoms in total. The summed E-state index contributed by atoms with van der Waals surface area (Å²) in [4.78, 5) is 100. The lowest BCUT2D eigenvalue weighted by molar-refractivity contribution is -0.137. The number of carbonyl (C=O) groups excluding carboxylic acids is 7. The third kappa shape index (κ3) is 15.5. The number of carbonyl (C=O) groups is 6. The molecule has 0 unspecified atom stereocenters. The van der Waals surface area contributed by atoms with Crippen LogP contribution in [0.3, 0.4) is 0 Å². The Morgan fingerprint density at radius 3 is 1.54 bits per heavy atom. The summed E-state index contributed by atoms with van der Waals surface area (Å²) in [5.41, 5.74) is -6.93. The van der Waals surface area contributed by atoms with Gasteiger partial charge in [0.15, 0.2) is 5.75 Å². The van der Waals surface area contributed by atoms with Gasteiger partial charge in [0.25, 0.3) is 11.8 Å². The second kappa shape index (κ2) is 26.0. The minimum Gasteiger partial charge on any atom is -0.494 e. The highest BCUT2D eigenvalue weighted by Gasteiger charge is 2.40. The van der Waals surface area contributed by atoms with Crippen LogP contribution in [0.15, 0.2) is 138 Å². The van der Waals surface area contributed by atoms with Crippen molar-refractivity contribution in [3.05, 3.63) is 150 Å². The van der Waals surface area contributed by atoms with Crippen molar-refractivity contribution in [3.63, 3.8) is 0 Å². The van der Waals surface area contributed by atoms with Gasteiger partial charge in [-0.25, -0.2) is 29.0 Å². The fraction of sp³-hybridized carbons (Fsp3) is 0.349. The molecule has 21 heteroatoms. The minimum atomic E-state index is -4.83. The van der Waals surface area contributed by atoms with Gasteiger partial charge in [0.05, 0.1) is 35.3 Å². The number of fused-ring (bicyclic) bond motifs is 1. The van der Waals surface area contributed by atoms with Gasteiger partial charge in [-0.05, 0) is 165 Å². The van der Waals surface area contributed by atoms with Crippen LogP contribution in [-0.4, -0.2) is 76.5 Å². The lowest BCUT2D eigenvalue weighted by Gasteiger charge is -2.30.